The van der Waals surface area contributed by atoms with Gasteiger partial charge in [-0.2, -0.15) is 0 Å². The second kappa shape index (κ2) is 4.71. The van der Waals surface area contributed by atoms with E-state index >= 15 is 0 Å². The van der Waals surface area contributed by atoms with Crippen molar-refractivity contribution in [1.29, 1.82) is 0 Å². The molecule has 6 nitrogen and oxygen atoms in total. The minimum absolute atomic E-state index is 0.193. The van der Waals surface area contributed by atoms with Crippen LogP contribution in [0.5, 0.6) is 0 Å². The minimum atomic E-state index is -3.59. The molecule has 0 saturated heterocycles. The highest BCUT2D eigenvalue weighted by Crippen LogP contribution is 2.21. The average molecular weight is 286 g/mol. The molecule has 2 heterocycles. The van der Waals surface area contributed by atoms with Crippen molar-refractivity contribution in [1.82, 2.24) is 9.55 Å². The molecule has 0 fully saturated rings. The van der Waals surface area contributed by atoms with Gasteiger partial charge in [0.25, 0.3) is 10.0 Å². The Morgan fingerprint density at radius 2 is 2.28 bits per heavy atom. The van der Waals surface area contributed by atoms with Crippen LogP contribution in [-0.4, -0.2) is 18.0 Å². The fraction of sp³-hybridized carbons (Fsp3) is 0.300. The van der Waals surface area contributed by atoms with Crippen molar-refractivity contribution in [3.63, 3.8) is 0 Å². The maximum Gasteiger partial charge on any atom is 0.265 e. The van der Waals surface area contributed by atoms with Crippen molar-refractivity contribution >= 4 is 26.5 Å². The van der Waals surface area contributed by atoms with Crippen LogP contribution in [0.1, 0.15) is 10.6 Å². The molecule has 0 saturated carbocycles. The molecule has 98 valence electrons. The van der Waals surface area contributed by atoms with Gasteiger partial charge >= 0.3 is 0 Å². The Hall–Kier alpha value is -1.38. The second-order valence-corrected chi connectivity index (χ2v) is 6.78. The van der Waals surface area contributed by atoms with Crippen LogP contribution in [-0.2, 0) is 23.6 Å². The predicted octanol–water partition coefficient (Wildman–Crippen LogP) is 1.05. The van der Waals surface area contributed by atoms with E-state index in [1.54, 1.807) is 23.9 Å². The standard InChI is InChI=1S/C10H14N4O2S2/c1-7-5-12-10(17-7)13-18(15,16)9-3-8(4-11)14(2)6-9/h3,5-6H,4,11H2,1-2H3,(H,12,13). The van der Waals surface area contributed by atoms with E-state index in [9.17, 15) is 8.42 Å². The van der Waals surface area contributed by atoms with E-state index in [0.717, 1.165) is 10.6 Å². The van der Waals surface area contributed by atoms with Gasteiger partial charge in [-0.05, 0) is 13.0 Å². The van der Waals surface area contributed by atoms with Crippen LogP contribution in [0.4, 0.5) is 5.13 Å². The topological polar surface area (TPSA) is 90.0 Å². The summed E-state index contributed by atoms with van der Waals surface area (Å²) in [6.45, 7) is 2.16. The monoisotopic (exact) mass is 286 g/mol. The first kappa shape index (κ1) is 13.1. The van der Waals surface area contributed by atoms with Crippen LogP contribution < -0.4 is 10.5 Å². The van der Waals surface area contributed by atoms with Gasteiger partial charge in [-0.15, -0.1) is 11.3 Å². The molecule has 0 aliphatic rings. The van der Waals surface area contributed by atoms with Gasteiger partial charge in [0, 0.05) is 36.6 Å². The summed E-state index contributed by atoms with van der Waals surface area (Å²) in [5.74, 6) is 0. The normalized spacial score (nSPS) is 11.7. The molecule has 0 aromatic carbocycles. The van der Waals surface area contributed by atoms with Crippen molar-refractivity contribution in [3.8, 4) is 0 Å². The first-order valence-electron chi connectivity index (χ1n) is 5.23. The minimum Gasteiger partial charge on any atom is -0.352 e. The molecule has 0 aliphatic heterocycles. The smallest absolute Gasteiger partial charge is 0.265 e. The van der Waals surface area contributed by atoms with Gasteiger partial charge in [0.15, 0.2) is 5.13 Å². The van der Waals surface area contributed by atoms with Crippen LogP contribution >= 0.6 is 11.3 Å². The molecular formula is C10H14N4O2S2. The summed E-state index contributed by atoms with van der Waals surface area (Å²) in [6, 6.07) is 1.56. The lowest BCUT2D eigenvalue weighted by Crippen LogP contribution is -2.11. The molecular weight excluding hydrogens is 272 g/mol. The highest BCUT2D eigenvalue weighted by Gasteiger charge is 2.18. The number of nitrogens with one attached hydrogen (secondary N) is 1. The Morgan fingerprint density at radius 3 is 2.78 bits per heavy atom. The van der Waals surface area contributed by atoms with E-state index < -0.39 is 10.0 Å². The molecule has 0 radical (unpaired) electrons. The number of nitrogens with two attached hydrogens (primary N) is 1. The summed E-state index contributed by atoms with van der Waals surface area (Å²) in [6.07, 6.45) is 3.16. The maximum absolute atomic E-state index is 12.1. The molecule has 2 aromatic heterocycles. The quantitative estimate of drug-likeness (QED) is 0.879. The molecule has 0 unspecified atom stereocenters. The van der Waals surface area contributed by atoms with Gasteiger partial charge in [-0.25, -0.2) is 13.4 Å². The molecule has 2 rings (SSSR count). The van der Waals surface area contributed by atoms with Gasteiger partial charge in [-0.3, -0.25) is 4.72 Å². The van der Waals surface area contributed by atoms with Crippen LogP contribution in [0, 0.1) is 6.92 Å². The summed E-state index contributed by atoms with van der Waals surface area (Å²) in [5, 5.41) is 0.366. The molecule has 3 N–H and O–H groups in total. The van der Waals surface area contributed by atoms with Crippen molar-refractivity contribution in [2.45, 2.75) is 18.4 Å². The Morgan fingerprint density at radius 1 is 1.56 bits per heavy atom. The van der Waals surface area contributed by atoms with Crippen LogP contribution in [0.2, 0.25) is 0 Å². The van der Waals surface area contributed by atoms with E-state index in [-0.39, 0.29) is 4.90 Å². The lowest BCUT2D eigenvalue weighted by atomic mass is 10.4. The Labute approximate surface area is 110 Å². The lowest BCUT2D eigenvalue weighted by molar-refractivity contribution is 0.601. The number of aryl methyl sites for hydroxylation is 2. The first-order chi connectivity index (χ1) is 8.42. The Bertz CT molecular complexity index is 657. The van der Waals surface area contributed by atoms with Crippen molar-refractivity contribution in [3.05, 3.63) is 29.0 Å². The largest absolute Gasteiger partial charge is 0.352 e. The van der Waals surface area contributed by atoms with Crippen LogP contribution in [0.3, 0.4) is 0 Å². The summed E-state index contributed by atoms with van der Waals surface area (Å²) < 4.78 is 28.3. The van der Waals surface area contributed by atoms with Crippen molar-refractivity contribution < 1.29 is 8.42 Å². The number of thiazole rings is 1. The van der Waals surface area contributed by atoms with Gasteiger partial charge in [-0.1, -0.05) is 0 Å². The molecule has 0 aliphatic carbocycles. The molecule has 0 amide bonds. The maximum atomic E-state index is 12.1. The summed E-state index contributed by atoms with van der Waals surface area (Å²) >= 11 is 1.29. The Balaban J connectivity index is 2.30. The third-order valence-electron chi connectivity index (χ3n) is 2.45. The fourth-order valence-corrected chi connectivity index (χ4v) is 3.50. The van der Waals surface area contributed by atoms with Gasteiger partial charge < -0.3 is 10.3 Å². The highest BCUT2D eigenvalue weighted by molar-refractivity contribution is 7.93. The number of nitrogens with zero attached hydrogens (tertiary/aromatic N) is 2. The molecule has 0 atom stereocenters. The third kappa shape index (κ3) is 2.55. The zero-order valence-electron chi connectivity index (χ0n) is 10.0. The number of aromatic nitrogens is 2. The number of sulfonamides is 1. The molecule has 18 heavy (non-hydrogen) atoms. The number of hydrogen-bond donors (Lipinski definition) is 2. The highest BCUT2D eigenvalue weighted by atomic mass is 32.2. The zero-order valence-corrected chi connectivity index (χ0v) is 11.7. The average Bonchev–Trinajstić information content (AvgIpc) is 2.84. The van der Waals surface area contributed by atoms with Crippen molar-refractivity contribution in [2.24, 2.45) is 12.8 Å². The Kier molecular flexibility index (Phi) is 3.42. The van der Waals surface area contributed by atoms with Gasteiger partial charge in [0.1, 0.15) is 4.90 Å². The lowest BCUT2D eigenvalue weighted by Gasteiger charge is -2.01. The van der Waals surface area contributed by atoms with E-state index in [0.29, 0.717) is 11.7 Å². The fourth-order valence-electron chi connectivity index (χ4n) is 1.50. The second-order valence-electron chi connectivity index (χ2n) is 3.86. The van der Waals surface area contributed by atoms with E-state index in [1.165, 1.54) is 17.5 Å². The first-order valence-corrected chi connectivity index (χ1v) is 7.53. The van der Waals surface area contributed by atoms with Gasteiger partial charge in [0.2, 0.25) is 0 Å². The molecule has 0 spiro atoms. The third-order valence-corrected chi connectivity index (χ3v) is 4.71. The predicted molar refractivity (Wildman–Crippen MR) is 71.0 cm³/mol. The summed E-state index contributed by atoms with van der Waals surface area (Å²) in [4.78, 5) is 5.11. The van der Waals surface area contributed by atoms with Crippen molar-refractivity contribution in [2.75, 3.05) is 4.72 Å². The van der Waals surface area contributed by atoms with E-state index in [4.69, 9.17) is 5.73 Å². The molecule has 0 bridgehead atoms. The zero-order chi connectivity index (χ0) is 13.3. The number of hydrogen-bond acceptors (Lipinski definition) is 5. The van der Waals surface area contributed by atoms with Crippen LogP contribution in [0.15, 0.2) is 23.4 Å². The van der Waals surface area contributed by atoms with Crippen LogP contribution in [0.25, 0.3) is 0 Å². The SMILES string of the molecule is Cc1cnc(NS(=O)(=O)c2cc(CN)n(C)c2)s1. The molecule has 2 aromatic rings. The van der Waals surface area contributed by atoms with E-state index in [2.05, 4.69) is 9.71 Å². The summed E-state index contributed by atoms with van der Waals surface area (Å²) in [5.41, 5.74) is 6.27. The van der Waals surface area contributed by atoms with Gasteiger partial charge in [0.05, 0.1) is 0 Å². The molecule has 8 heteroatoms. The number of anilines is 1. The number of rotatable bonds is 4. The van der Waals surface area contributed by atoms with E-state index in [1.807, 2.05) is 6.92 Å². The summed E-state index contributed by atoms with van der Waals surface area (Å²) in [7, 11) is -1.83.